The van der Waals surface area contributed by atoms with Crippen molar-refractivity contribution in [2.45, 2.75) is 13.0 Å². The van der Waals surface area contributed by atoms with E-state index in [1.54, 1.807) is 19.1 Å². The number of benzene rings is 2. The second-order valence-corrected chi connectivity index (χ2v) is 6.14. The van der Waals surface area contributed by atoms with Gasteiger partial charge in [0.15, 0.2) is 5.75 Å². The third-order valence-electron chi connectivity index (χ3n) is 3.46. The Kier molecular flexibility index (Phi) is 7.00. The summed E-state index contributed by atoms with van der Waals surface area (Å²) in [6.45, 7) is 1.78. The molecule has 0 fully saturated rings. The average Bonchev–Trinajstić information content (AvgIpc) is 2.62. The standard InChI is InChI=1S/C18H17Cl2N3O3/c1-11(13-6-4-3-5-7-13)22-17(24)18(25)23-21-10-12-8-14(19)16(26-2)15(20)9-12/h3-11H,1-2H3,(H,22,24)(H,23,25)/b21-10-/t11-/m0/s1. The first-order valence-corrected chi connectivity index (χ1v) is 8.40. The van der Waals surface area contributed by atoms with E-state index in [0.717, 1.165) is 5.56 Å². The number of carbonyl (C=O) groups excluding carboxylic acids is 2. The van der Waals surface area contributed by atoms with E-state index in [1.807, 2.05) is 30.3 Å². The van der Waals surface area contributed by atoms with Gasteiger partial charge in [-0.3, -0.25) is 9.59 Å². The number of methoxy groups -OCH3 is 1. The minimum Gasteiger partial charge on any atom is -0.494 e. The van der Waals surface area contributed by atoms with Gasteiger partial charge in [-0.05, 0) is 30.2 Å². The number of rotatable bonds is 5. The molecule has 0 saturated heterocycles. The van der Waals surface area contributed by atoms with E-state index < -0.39 is 11.8 Å². The van der Waals surface area contributed by atoms with Gasteiger partial charge in [-0.2, -0.15) is 5.10 Å². The van der Waals surface area contributed by atoms with Crippen molar-refractivity contribution in [2.75, 3.05) is 7.11 Å². The van der Waals surface area contributed by atoms with Gasteiger partial charge in [0.1, 0.15) is 0 Å². The van der Waals surface area contributed by atoms with Gasteiger partial charge in [0.05, 0.1) is 29.4 Å². The van der Waals surface area contributed by atoms with Crippen LogP contribution < -0.4 is 15.5 Å². The third kappa shape index (κ3) is 5.21. The number of halogens is 2. The van der Waals surface area contributed by atoms with E-state index >= 15 is 0 Å². The number of hydrogen-bond acceptors (Lipinski definition) is 4. The van der Waals surface area contributed by atoms with Crippen LogP contribution in [0.2, 0.25) is 10.0 Å². The highest BCUT2D eigenvalue weighted by Gasteiger charge is 2.16. The van der Waals surface area contributed by atoms with Gasteiger partial charge < -0.3 is 10.1 Å². The van der Waals surface area contributed by atoms with Crippen LogP contribution in [-0.2, 0) is 9.59 Å². The summed E-state index contributed by atoms with van der Waals surface area (Å²) in [5.41, 5.74) is 3.59. The second-order valence-electron chi connectivity index (χ2n) is 5.32. The van der Waals surface area contributed by atoms with Crippen molar-refractivity contribution in [3.63, 3.8) is 0 Å². The molecule has 0 unspecified atom stereocenters. The minimum absolute atomic E-state index is 0.308. The first-order chi connectivity index (χ1) is 12.4. The third-order valence-corrected chi connectivity index (χ3v) is 4.02. The van der Waals surface area contributed by atoms with Crippen LogP contribution in [-0.4, -0.2) is 25.1 Å². The molecular formula is C18H17Cl2N3O3. The Morgan fingerprint density at radius 3 is 2.31 bits per heavy atom. The van der Waals surface area contributed by atoms with Gasteiger partial charge in [0, 0.05) is 0 Å². The van der Waals surface area contributed by atoms with Crippen molar-refractivity contribution in [3.8, 4) is 5.75 Å². The van der Waals surface area contributed by atoms with Crippen molar-refractivity contribution >= 4 is 41.2 Å². The quantitative estimate of drug-likeness (QED) is 0.464. The molecule has 0 aliphatic rings. The summed E-state index contributed by atoms with van der Waals surface area (Å²) in [4.78, 5) is 23.7. The zero-order valence-electron chi connectivity index (χ0n) is 14.1. The molecule has 0 aliphatic carbocycles. The van der Waals surface area contributed by atoms with E-state index in [4.69, 9.17) is 27.9 Å². The summed E-state index contributed by atoms with van der Waals surface area (Å²) in [7, 11) is 1.45. The van der Waals surface area contributed by atoms with Gasteiger partial charge in [-0.25, -0.2) is 5.43 Å². The molecule has 0 saturated carbocycles. The Morgan fingerprint density at radius 1 is 1.12 bits per heavy atom. The van der Waals surface area contributed by atoms with Crippen LogP contribution in [0.5, 0.6) is 5.75 Å². The van der Waals surface area contributed by atoms with Crippen LogP contribution in [0.1, 0.15) is 24.1 Å². The fourth-order valence-electron chi connectivity index (χ4n) is 2.15. The smallest absolute Gasteiger partial charge is 0.329 e. The molecule has 8 heteroatoms. The van der Waals surface area contributed by atoms with Crippen LogP contribution in [0.15, 0.2) is 47.6 Å². The molecule has 136 valence electrons. The largest absolute Gasteiger partial charge is 0.494 e. The van der Waals surface area contributed by atoms with Crippen molar-refractivity contribution in [1.29, 1.82) is 0 Å². The molecule has 0 radical (unpaired) electrons. The molecule has 0 heterocycles. The summed E-state index contributed by atoms with van der Waals surface area (Å²) in [5, 5.41) is 6.95. The minimum atomic E-state index is -0.880. The SMILES string of the molecule is COc1c(Cl)cc(/C=N\NC(=O)C(=O)N[C@@H](C)c2ccccc2)cc1Cl. The normalized spacial score (nSPS) is 11.8. The van der Waals surface area contributed by atoms with Crippen LogP contribution >= 0.6 is 23.2 Å². The Hall–Kier alpha value is -2.57. The number of hydrogen-bond donors (Lipinski definition) is 2. The molecule has 2 N–H and O–H groups in total. The number of nitrogens with zero attached hydrogens (tertiary/aromatic N) is 1. The lowest BCUT2D eigenvalue weighted by Crippen LogP contribution is -2.39. The maximum atomic E-state index is 11.9. The van der Waals surface area contributed by atoms with E-state index in [0.29, 0.717) is 21.4 Å². The molecule has 0 aromatic heterocycles. The van der Waals surface area contributed by atoms with Gasteiger partial charge >= 0.3 is 11.8 Å². The van der Waals surface area contributed by atoms with E-state index in [-0.39, 0.29) is 6.04 Å². The molecular weight excluding hydrogens is 377 g/mol. The van der Waals surface area contributed by atoms with Crippen LogP contribution in [0, 0.1) is 0 Å². The average molecular weight is 394 g/mol. The molecule has 2 amide bonds. The Balaban J connectivity index is 1.93. The Bertz CT molecular complexity index is 803. The Morgan fingerprint density at radius 2 is 1.73 bits per heavy atom. The molecule has 2 aromatic rings. The maximum Gasteiger partial charge on any atom is 0.329 e. The molecule has 0 bridgehead atoms. The summed E-state index contributed by atoms with van der Waals surface area (Å²) < 4.78 is 5.05. The molecule has 1 atom stereocenters. The molecule has 2 rings (SSSR count). The zero-order chi connectivity index (χ0) is 19.1. The van der Waals surface area contributed by atoms with E-state index in [1.165, 1.54) is 13.3 Å². The lowest BCUT2D eigenvalue weighted by molar-refractivity contribution is -0.139. The maximum absolute atomic E-state index is 11.9. The van der Waals surface area contributed by atoms with E-state index in [2.05, 4.69) is 15.8 Å². The van der Waals surface area contributed by atoms with Gasteiger partial charge in [-0.15, -0.1) is 0 Å². The fraction of sp³-hybridized carbons (Fsp3) is 0.167. The van der Waals surface area contributed by atoms with Gasteiger partial charge in [-0.1, -0.05) is 53.5 Å². The summed E-state index contributed by atoms with van der Waals surface area (Å²) in [6.07, 6.45) is 1.32. The van der Waals surface area contributed by atoms with Crippen molar-refractivity contribution in [3.05, 3.63) is 63.6 Å². The van der Waals surface area contributed by atoms with Crippen molar-refractivity contribution in [2.24, 2.45) is 5.10 Å². The van der Waals surface area contributed by atoms with Crippen LogP contribution in [0.3, 0.4) is 0 Å². The summed E-state index contributed by atoms with van der Waals surface area (Å²) >= 11 is 12.0. The number of nitrogens with one attached hydrogen (secondary N) is 2. The predicted octanol–water partition coefficient (Wildman–Crippen LogP) is 3.33. The first-order valence-electron chi connectivity index (χ1n) is 7.64. The molecule has 0 aliphatic heterocycles. The fourth-order valence-corrected chi connectivity index (χ4v) is 2.81. The van der Waals surface area contributed by atoms with Crippen LogP contribution in [0.4, 0.5) is 0 Å². The lowest BCUT2D eigenvalue weighted by atomic mass is 10.1. The van der Waals surface area contributed by atoms with Gasteiger partial charge in [0.2, 0.25) is 0 Å². The summed E-state index contributed by atoms with van der Waals surface area (Å²) in [6, 6.07) is 12.1. The second kappa shape index (κ2) is 9.22. The lowest BCUT2D eigenvalue weighted by Gasteiger charge is -2.13. The van der Waals surface area contributed by atoms with Crippen LogP contribution in [0.25, 0.3) is 0 Å². The topological polar surface area (TPSA) is 79.8 Å². The molecule has 6 nitrogen and oxygen atoms in total. The van der Waals surface area contributed by atoms with Crippen molar-refractivity contribution in [1.82, 2.24) is 10.7 Å². The predicted molar refractivity (Wildman–Crippen MR) is 102 cm³/mol. The van der Waals surface area contributed by atoms with Gasteiger partial charge in [0.25, 0.3) is 0 Å². The highest BCUT2D eigenvalue weighted by Crippen LogP contribution is 2.33. The summed E-state index contributed by atoms with van der Waals surface area (Å²) in [5.74, 6) is -1.32. The number of ether oxygens (including phenoxy) is 1. The van der Waals surface area contributed by atoms with E-state index in [9.17, 15) is 9.59 Å². The Labute approximate surface area is 161 Å². The monoisotopic (exact) mass is 393 g/mol. The molecule has 2 aromatic carbocycles. The highest BCUT2D eigenvalue weighted by atomic mass is 35.5. The number of amides is 2. The zero-order valence-corrected chi connectivity index (χ0v) is 15.6. The molecule has 26 heavy (non-hydrogen) atoms. The first kappa shape index (κ1) is 19.8. The number of hydrazone groups is 1. The molecule has 0 spiro atoms. The van der Waals surface area contributed by atoms with Crippen molar-refractivity contribution < 1.29 is 14.3 Å². The number of carbonyl (C=O) groups is 2. The highest BCUT2D eigenvalue weighted by molar-refractivity contribution is 6.37.